The summed E-state index contributed by atoms with van der Waals surface area (Å²) in [6.07, 6.45) is 0. The molecule has 1 N–H and O–H groups in total. The molecule has 0 spiro atoms. The maximum atomic E-state index is 11.2. The standard InChI is InChI=1S/C10H10N2O2S2/c1-12(10(14)15)6-2-3-8-7(4-6)11-9(13)5-16-8/h2-4H,5H2,1H3,(H,11,13)(H,14,15). The van der Waals surface area contributed by atoms with Gasteiger partial charge in [0.1, 0.15) is 0 Å². The first kappa shape index (κ1) is 11.3. The van der Waals surface area contributed by atoms with Crippen LogP contribution in [0.1, 0.15) is 0 Å². The Balaban J connectivity index is 2.34. The molecular formula is C10H10N2O2S2. The number of carbonyl (C=O) groups excluding carboxylic acids is 2. The minimum atomic E-state index is -0.338. The molecule has 1 aliphatic heterocycles. The summed E-state index contributed by atoms with van der Waals surface area (Å²) in [6, 6.07) is 5.49. The molecule has 1 aromatic rings. The van der Waals surface area contributed by atoms with Gasteiger partial charge in [0.25, 0.3) is 5.24 Å². The number of nitrogens with zero attached hydrogens (tertiary/aromatic N) is 1. The van der Waals surface area contributed by atoms with Gasteiger partial charge >= 0.3 is 0 Å². The summed E-state index contributed by atoms with van der Waals surface area (Å²) in [5.41, 5.74) is 1.46. The summed E-state index contributed by atoms with van der Waals surface area (Å²) in [5.74, 6) is 0.419. The highest BCUT2D eigenvalue weighted by atomic mass is 32.2. The second kappa shape index (κ2) is 4.39. The number of thiol groups is 1. The van der Waals surface area contributed by atoms with Gasteiger partial charge in [0.15, 0.2) is 0 Å². The molecule has 6 heteroatoms. The molecule has 0 saturated heterocycles. The van der Waals surface area contributed by atoms with Crippen LogP contribution >= 0.6 is 24.4 Å². The van der Waals surface area contributed by atoms with Crippen LogP contribution in [0, 0.1) is 0 Å². The fourth-order valence-corrected chi connectivity index (χ4v) is 2.29. The molecule has 4 nitrogen and oxygen atoms in total. The van der Waals surface area contributed by atoms with Crippen LogP contribution in [0.4, 0.5) is 16.2 Å². The van der Waals surface area contributed by atoms with Crippen molar-refractivity contribution in [3.05, 3.63) is 18.2 Å². The molecule has 0 aromatic heterocycles. The lowest BCUT2D eigenvalue weighted by Crippen LogP contribution is -2.22. The lowest BCUT2D eigenvalue weighted by molar-refractivity contribution is -0.113. The van der Waals surface area contributed by atoms with E-state index in [0.29, 0.717) is 11.4 Å². The second-order valence-electron chi connectivity index (χ2n) is 3.36. The Hall–Kier alpha value is -1.14. The second-order valence-corrected chi connectivity index (χ2v) is 4.76. The SMILES string of the molecule is CN(C(=O)S)c1ccc2c(c1)NC(=O)CS2. The van der Waals surface area contributed by atoms with Crippen molar-refractivity contribution in [2.75, 3.05) is 23.0 Å². The normalized spacial score (nSPS) is 14.0. The highest BCUT2D eigenvalue weighted by Gasteiger charge is 2.17. The Morgan fingerprint density at radius 3 is 3.00 bits per heavy atom. The molecule has 1 aromatic carbocycles. The number of anilines is 2. The number of rotatable bonds is 1. The third-order valence-corrected chi connectivity index (χ3v) is 3.64. The monoisotopic (exact) mass is 254 g/mol. The summed E-state index contributed by atoms with van der Waals surface area (Å²) in [7, 11) is 1.63. The van der Waals surface area contributed by atoms with Gasteiger partial charge in [-0.15, -0.1) is 11.8 Å². The molecule has 2 amide bonds. The van der Waals surface area contributed by atoms with E-state index in [1.165, 1.54) is 16.7 Å². The molecule has 84 valence electrons. The third kappa shape index (κ3) is 2.17. The molecule has 0 saturated carbocycles. The van der Waals surface area contributed by atoms with E-state index in [2.05, 4.69) is 17.9 Å². The van der Waals surface area contributed by atoms with Crippen LogP contribution in [0.25, 0.3) is 0 Å². The molecule has 0 radical (unpaired) electrons. The van der Waals surface area contributed by atoms with Crippen LogP contribution in [0.3, 0.4) is 0 Å². The van der Waals surface area contributed by atoms with Gasteiger partial charge in [-0.2, -0.15) is 0 Å². The Morgan fingerprint density at radius 1 is 1.56 bits per heavy atom. The highest BCUT2D eigenvalue weighted by Crippen LogP contribution is 2.34. The molecule has 0 atom stereocenters. The third-order valence-electron chi connectivity index (χ3n) is 2.27. The summed E-state index contributed by atoms with van der Waals surface area (Å²) < 4.78 is 0. The van der Waals surface area contributed by atoms with E-state index in [1.54, 1.807) is 13.1 Å². The number of thioether (sulfide) groups is 1. The molecule has 2 rings (SSSR count). The first-order chi connectivity index (χ1) is 7.58. The van der Waals surface area contributed by atoms with Crippen molar-refractivity contribution in [1.82, 2.24) is 0 Å². The minimum Gasteiger partial charge on any atom is -0.324 e. The molecule has 1 aliphatic rings. The molecule has 1 heterocycles. The fourth-order valence-electron chi connectivity index (χ4n) is 1.39. The number of hydrogen-bond acceptors (Lipinski definition) is 3. The summed E-state index contributed by atoms with van der Waals surface area (Å²) in [5, 5.41) is 2.43. The fraction of sp³-hybridized carbons (Fsp3) is 0.200. The van der Waals surface area contributed by atoms with Crippen molar-refractivity contribution in [1.29, 1.82) is 0 Å². The van der Waals surface area contributed by atoms with Gasteiger partial charge in [0.05, 0.1) is 11.4 Å². The molecule has 0 aliphatic carbocycles. The molecule has 16 heavy (non-hydrogen) atoms. The van der Waals surface area contributed by atoms with Crippen LogP contribution in [-0.4, -0.2) is 23.9 Å². The molecule has 0 unspecified atom stereocenters. The number of hydrogen-bond donors (Lipinski definition) is 2. The zero-order chi connectivity index (χ0) is 11.7. The number of benzene rings is 1. The van der Waals surface area contributed by atoms with Crippen LogP contribution < -0.4 is 10.2 Å². The van der Waals surface area contributed by atoms with Crippen LogP contribution in [0.15, 0.2) is 23.1 Å². The van der Waals surface area contributed by atoms with E-state index in [1.807, 2.05) is 12.1 Å². The lowest BCUT2D eigenvalue weighted by Gasteiger charge is -2.20. The highest BCUT2D eigenvalue weighted by molar-refractivity contribution is 8.00. The predicted octanol–water partition coefficient (Wildman–Crippen LogP) is 2.22. The van der Waals surface area contributed by atoms with Gasteiger partial charge in [-0.05, 0) is 18.2 Å². The van der Waals surface area contributed by atoms with Crippen LogP contribution in [-0.2, 0) is 4.79 Å². The van der Waals surface area contributed by atoms with Crippen molar-refractivity contribution in [3.63, 3.8) is 0 Å². The van der Waals surface area contributed by atoms with Crippen LogP contribution in [0.5, 0.6) is 0 Å². The van der Waals surface area contributed by atoms with Crippen LogP contribution in [0.2, 0.25) is 0 Å². The molecule has 0 fully saturated rings. The van der Waals surface area contributed by atoms with Gasteiger partial charge in [-0.3, -0.25) is 9.59 Å². The number of nitrogens with one attached hydrogen (secondary N) is 1. The smallest absolute Gasteiger partial charge is 0.282 e. The Morgan fingerprint density at radius 2 is 2.31 bits per heavy atom. The van der Waals surface area contributed by atoms with E-state index in [9.17, 15) is 9.59 Å². The predicted molar refractivity (Wildman–Crippen MR) is 68.6 cm³/mol. The number of fused-ring (bicyclic) bond motifs is 1. The minimum absolute atomic E-state index is 0.0190. The first-order valence-electron chi connectivity index (χ1n) is 4.61. The average Bonchev–Trinajstić information content (AvgIpc) is 2.26. The maximum absolute atomic E-state index is 11.2. The number of amides is 2. The summed E-state index contributed by atoms with van der Waals surface area (Å²) in [6.45, 7) is 0. The van der Waals surface area contributed by atoms with Gasteiger partial charge in [0, 0.05) is 17.6 Å². The first-order valence-corrected chi connectivity index (χ1v) is 6.04. The van der Waals surface area contributed by atoms with E-state index in [-0.39, 0.29) is 11.1 Å². The largest absolute Gasteiger partial charge is 0.324 e. The number of carbonyl (C=O) groups is 2. The van der Waals surface area contributed by atoms with E-state index in [0.717, 1.165) is 10.6 Å². The topological polar surface area (TPSA) is 49.4 Å². The van der Waals surface area contributed by atoms with Gasteiger partial charge in [-0.25, -0.2) is 0 Å². The lowest BCUT2D eigenvalue weighted by atomic mass is 10.2. The molecule has 0 bridgehead atoms. The van der Waals surface area contributed by atoms with Gasteiger partial charge in [-0.1, -0.05) is 12.6 Å². The van der Waals surface area contributed by atoms with Crippen molar-refractivity contribution in [2.45, 2.75) is 4.90 Å². The van der Waals surface area contributed by atoms with Gasteiger partial charge < -0.3 is 10.2 Å². The molecular weight excluding hydrogens is 244 g/mol. The Bertz CT molecular complexity index is 462. The maximum Gasteiger partial charge on any atom is 0.282 e. The van der Waals surface area contributed by atoms with E-state index in [4.69, 9.17) is 0 Å². The average molecular weight is 254 g/mol. The summed E-state index contributed by atoms with van der Waals surface area (Å²) in [4.78, 5) is 24.7. The van der Waals surface area contributed by atoms with Crippen molar-refractivity contribution < 1.29 is 9.59 Å². The Kier molecular flexibility index (Phi) is 3.11. The van der Waals surface area contributed by atoms with Crippen molar-refractivity contribution >= 4 is 46.9 Å². The summed E-state index contributed by atoms with van der Waals surface area (Å²) >= 11 is 5.23. The van der Waals surface area contributed by atoms with Gasteiger partial charge in [0.2, 0.25) is 5.91 Å². The van der Waals surface area contributed by atoms with Crippen molar-refractivity contribution in [3.8, 4) is 0 Å². The quantitative estimate of drug-likeness (QED) is 0.755. The zero-order valence-corrected chi connectivity index (χ0v) is 10.3. The van der Waals surface area contributed by atoms with E-state index < -0.39 is 0 Å². The van der Waals surface area contributed by atoms with E-state index >= 15 is 0 Å². The Labute approximate surface area is 103 Å². The van der Waals surface area contributed by atoms with Crippen molar-refractivity contribution in [2.24, 2.45) is 0 Å². The zero-order valence-electron chi connectivity index (χ0n) is 8.56.